The molecule has 0 spiro atoms. The van der Waals surface area contributed by atoms with Gasteiger partial charge in [-0.25, -0.2) is 0 Å². The summed E-state index contributed by atoms with van der Waals surface area (Å²) < 4.78 is 0.441. The lowest BCUT2D eigenvalue weighted by atomic mass is 10.1. The first-order valence-electron chi connectivity index (χ1n) is 5.29. The van der Waals surface area contributed by atoms with Crippen molar-refractivity contribution >= 4 is 10.9 Å². The summed E-state index contributed by atoms with van der Waals surface area (Å²) >= 11 is 0. The van der Waals surface area contributed by atoms with Gasteiger partial charge < -0.3 is 0 Å². The van der Waals surface area contributed by atoms with Crippen molar-refractivity contribution in [1.82, 2.24) is 0 Å². The second-order valence-corrected chi connectivity index (χ2v) is 6.93. The monoisotopic (exact) mass is 209 g/mol. The van der Waals surface area contributed by atoms with Gasteiger partial charge in [-0.3, -0.25) is 0 Å². The minimum atomic E-state index is 0.356. The molecule has 1 aromatic carbocycles. The fourth-order valence-electron chi connectivity index (χ4n) is 1.70. The Hall–Kier alpha value is -0.430. The van der Waals surface area contributed by atoms with E-state index < -0.39 is 0 Å². The summed E-state index contributed by atoms with van der Waals surface area (Å²) in [5.41, 5.74) is 0. The quantitative estimate of drug-likeness (QED) is 0.660. The predicted molar refractivity (Wildman–Crippen MR) is 67.0 cm³/mol. The van der Waals surface area contributed by atoms with E-state index in [1.54, 1.807) is 0 Å². The van der Waals surface area contributed by atoms with Gasteiger partial charge in [0.25, 0.3) is 0 Å². The van der Waals surface area contributed by atoms with Crippen LogP contribution in [0.3, 0.4) is 0 Å². The fourth-order valence-corrected chi connectivity index (χ4v) is 3.41. The van der Waals surface area contributed by atoms with Crippen LogP contribution in [0.15, 0.2) is 35.2 Å². The van der Waals surface area contributed by atoms with E-state index in [-0.39, 0.29) is 0 Å². The van der Waals surface area contributed by atoms with Crippen LogP contribution in [-0.4, -0.2) is 11.0 Å². The molecule has 0 saturated heterocycles. The highest BCUT2D eigenvalue weighted by Gasteiger charge is 2.35. The zero-order valence-corrected chi connectivity index (χ0v) is 10.5. The van der Waals surface area contributed by atoms with Crippen LogP contribution in [0.25, 0.3) is 0 Å². The van der Waals surface area contributed by atoms with Crippen LogP contribution in [0.2, 0.25) is 0 Å². The van der Waals surface area contributed by atoms with Gasteiger partial charge in [0.05, 0.1) is 0 Å². The number of benzene rings is 1. The summed E-state index contributed by atoms with van der Waals surface area (Å²) in [5, 5.41) is 0. The molecule has 1 atom stereocenters. The van der Waals surface area contributed by atoms with E-state index in [9.17, 15) is 0 Å². The maximum atomic E-state index is 2.38. The lowest BCUT2D eigenvalue weighted by molar-refractivity contribution is 0.620. The Bertz CT molecular complexity index is 264. The number of rotatable bonds is 4. The molecule has 0 saturated carbocycles. The van der Waals surface area contributed by atoms with Crippen LogP contribution in [0, 0.1) is 0 Å². The second kappa shape index (κ2) is 4.88. The van der Waals surface area contributed by atoms with Gasteiger partial charge in [0.2, 0.25) is 0 Å². The molecule has 0 aliphatic carbocycles. The average molecular weight is 209 g/mol. The predicted octanol–water partition coefficient (Wildman–Crippen LogP) is 3.87. The van der Waals surface area contributed by atoms with Crippen molar-refractivity contribution in [2.45, 2.75) is 43.3 Å². The van der Waals surface area contributed by atoms with Crippen molar-refractivity contribution in [3.05, 3.63) is 30.3 Å². The smallest absolute Gasteiger partial charge is 0.0652 e. The van der Waals surface area contributed by atoms with Crippen molar-refractivity contribution in [3.63, 3.8) is 0 Å². The van der Waals surface area contributed by atoms with Crippen molar-refractivity contribution in [2.75, 3.05) is 6.26 Å². The second-order valence-electron chi connectivity index (χ2n) is 4.33. The minimum Gasteiger partial charge on any atom is -0.0652 e. The number of hydrogen-bond donors (Lipinski definition) is 0. The van der Waals surface area contributed by atoms with E-state index in [0.29, 0.717) is 15.6 Å². The third-order valence-corrected chi connectivity index (χ3v) is 5.62. The Morgan fingerprint density at radius 2 is 1.71 bits per heavy atom. The molecule has 1 rings (SSSR count). The van der Waals surface area contributed by atoms with Gasteiger partial charge in [-0.1, -0.05) is 31.5 Å². The average Bonchev–Trinajstić information content (AvgIpc) is 2.18. The minimum absolute atomic E-state index is 0.356. The van der Waals surface area contributed by atoms with Crippen LogP contribution >= 0.6 is 0 Å². The Balaban J connectivity index is 2.79. The van der Waals surface area contributed by atoms with Gasteiger partial charge in [-0.2, -0.15) is 0 Å². The van der Waals surface area contributed by atoms with Gasteiger partial charge >= 0.3 is 0 Å². The molecule has 0 N–H and O–H groups in total. The zero-order chi connectivity index (χ0) is 10.6. The molecule has 78 valence electrons. The SMILES string of the molecule is CCCC(C)(C)[S+](C)c1ccccc1. The van der Waals surface area contributed by atoms with Crippen LogP contribution in [0.1, 0.15) is 33.6 Å². The van der Waals surface area contributed by atoms with Gasteiger partial charge in [0, 0.05) is 10.9 Å². The summed E-state index contributed by atoms with van der Waals surface area (Å²) in [5.74, 6) is 0. The van der Waals surface area contributed by atoms with Crippen molar-refractivity contribution in [2.24, 2.45) is 0 Å². The first kappa shape index (κ1) is 11.6. The molecule has 0 aliphatic heterocycles. The fraction of sp³-hybridized carbons (Fsp3) is 0.538. The van der Waals surface area contributed by atoms with Crippen molar-refractivity contribution in [3.8, 4) is 0 Å². The zero-order valence-electron chi connectivity index (χ0n) is 9.71. The van der Waals surface area contributed by atoms with E-state index in [1.165, 1.54) is 17.7 Å². The summed E-state index contributed by atoms with van der Waals surface area (Å²) in [4.78, 5) is 1.49. The van der Waals surface area contributed by atoms with Crippen LogP contribution in [0.4, 0.5) is 0 Å². The maximum Gasteiger partial charge on any atom is 0.155 e. The van der Waals surface area contributed by atoms with Gasteiger partial charge in [0.1, 0.15) is 11.0 Å². The third kappa shape index (κ3) is 2.78. The highest BCUT2D eigenvalue weighted by molar-refractivity contribution is 7.97. The van der Waals surface area contributed by atoms with E-state index in [0.717, 1.165) is 0 Å². The molecule has 0 radical (unpaired) electrons. The largest absolute Gasteiger partial charge is 0.155 e. The third-order valence-electron chi connectivity index (χ3n) is 2.78. The molecule has 0 fully saturated rings. The Morgan fingerprint density at radius 1 is 1.14 bits per heavy atom. The highest BCUT2D eigenvalue weighted by atomic mass is 32.2. The van der Waals surface area contributed by atoms with Gasteiger partial charge in [-0.05, 0) is 32.4 Å². The summed E-state index contributed by atoms with van der Waals surface area (Å²) in [6.45, 7) is 7.03. The van der Waals surface area contributed by atoms with Gasteiger partial charge in [0.15, 0.2) is 4.90 Å². The summed E-state index contributed by atoms with van der Waals surface area (Å²) in [6, 6.07) is 10.9. The first-order valence-corrected chi connectivity index (χ1v) is 6.92. The Kier molecular flexibility index (Phi) is 4.06. The van der Waals surface area contributed by atoms with E-state index in [4.69, 9.17) is 0 Å². The van der Waals surface area contributed by atoms with Crippen LogP contribution in [-0.2, 0) is 10.9 Å². The Labute approximate surface area is 91.1 Å². The van der Waals surface area contributed by atoms with E-state index in [1.807, 2.05) is 0 Å². The van der Waals surface area contributed by atoms with E-state index >= 15 is 0 Å². The van der Waals surface area contributed by atoms with Crippen molar-refractivity contribution in [1.29, 1.82) is 0 Å². The molecule has 1 heteroatoms. The molecule has 0 aliphatic rings. The van der Waals surface area contributed by atoms with E-state index in [2.05, 4.69) is 57.4 Å². The topological polar surface area (TPSA) is 0 Å². The van der Waals surface area contributed by atoms with Crippen LogP contribution in [0.5, 0.6) is 0 Å². The molecule has 0 heterocycles. The number of hydrogen-bond acceptors (Lipinski definition) is 0. The van der Waals surface area contributed by atoms with Crippen molar-refractivity contribution < 1.29 is 0 Å². The molecule has 1 unspecified atom stereocenters. The Morgan fingerprint density at radius 3 is 2.21 bits per heavy atom. The molecule has 0 bridgehead atoms. The lowest BCUT2D eigenvalue weighted by Crippen LogP contribution is -2.30. The molecule has 0 nitrogen and oxygen atoms in total. The first-order chi connectivity index (χ1) is 6.58. The summed E-state index contributed by atoms with van der Waals surface area (Å²) in [6.07, 6.45) is 4.95. The molecular formula is C13H21S+. The summed E-state index contributed by atoms with van der Waals surface area (Å²) in [7, 11) is 0.356. The standard InChI is InChI=1S/C13H21S/c1-5-11-13(2,3)14(4)12-9-7-6-8-10-12/h6-10H,5,11H2,1-4H3/q+1. The molecule has 1 aromatic rings. The maximum absolute atomic E-state index is 2.38. The normalized spacial score (nSPS) is 14.0. The molecule has 0 aromatic heterocycles. The molecule has 0 amide bonds. The molecule has 14 heavy (non-hydrogen) atoms. The molecular weight excluding hydrogens is 188 g/mol. The highest BCUT2D eigenvalue weighted by Crippen LogP contribution is 2.29. The lowest BCUT2D eigenvalue weighted by Gasteiger charge is -2.22. The van der Waals surface area contributed by atoms with Gasteiger partial charge in [-0.15, -0.1) is 0 Å². The van der Waals surface area contributed by atoms with Crippen LogP contribution < -0.4 is 0 Å².